The lowest BCUT2D eigenvalue weighted by Crippen LogP contribution is -2.42. The van der Waals surface area contributed by atoms with Gasteiger partial charge in [0.05, 0.1) is 6.54 Å². The fraction of sp³-hybridized carbons (Fsp3) is 0.909. The molecule has 0 aromatic rings. The molecule has 0 heterocycles. The van der Waals surface area contributed by atoms with Crippen LogP contribution in [0.5, 0.6) is 0 Å². The van der Waals surface area contributed by atoms with Crippen molar-refractivity contribution in [1.29, 1.82) is 0 Å². The quantitative estimate of drug-likeness (QED) is 0.647. The maximum atomic E-state index is 11.5. The molecule has 0 bridgehead atoms. The third-order valence-corrected chi connectivity index (χ3v) is 2.55. The summed E-state index contributed by atoms with van der Waals surface area (Å²) >= 11 is 0. The van der Waals surface area contributed by atoms with E-state index in [0.717, 1.165) is 13.0 Å². The number of likely N-dealkylation sites (N-methyl/N-ethyl adjacent to an activating group) is 1. The molecule has 0 saturated carbocycles. The van der Waals surface area contributed by atoms with Gasteiger partial charge in [-0.05, 0) is 39.4 Å². The molecule has 0 aliphatic rings. The van der Waals surface area contributed by atoms with E-state index in [9.17, 15) is 4.79 Å². The molecule has 1 unspecified atom stereocenters. The van der Waals surface area contributed by atoms with Gasteiger partial charge in [-0.3, -0.25) is 9.69 Å². The van der Waals surface area contributed by atoms with Crippen molar-refractivity contribution >= 4 is 5.91 Å². The summed E-state index contributed by atoms with van der Waals surface area (Å²) in [4.78, 5) is 13.5. The maximum absolute atomic E-state index is 11.5. The second-order valence-electron chi connectivity index (χ2n) is 4.48. The lowest BCUT2D eigenvalue weighted by atomic mass is 10.1. The minimum absolute atomic E-state index is 0.0933. The summed E-state index contributed by atoms with van der Waals surface area (Å²) in [5, 5.41) is 2.97. The van der Waals surface area contributed by atoms with Gasteiger partial charge in [-0.25, -0.2) is 0 Å². The summed E-state index contributed by atoms with van der Waals surface area (Å²) in [6.45, 7) is 8.24. The lowest BCUT2D eigenvalue weighted by Gasteiger charge is -2.20. The summed E-state index contributed by atoms with van der Waals surface area (Å²) in [7, 11) is 1.94. The Kier molecular flexibility index (Phi) is 7.34. The van der Waals surface area contributed by atoms with Crippen LogP contribution in [0.3, 0.4) is 0 Å². The molecule has 0 aromatic heterocycles. The number of hydrogen-bond acceptors (Lipinski definition) is 3. The van der Waals surface area contributed by atoms with Crippen LogP contribution in [-0.4, -0.2) is 43.5 Å². The molecule has 1 atom stereocenters. The number of carbonyl (C=O) groups is 1. The van der Waals surface area contributed by atoms with Gasteiger partial charge in [0.15, 0.2) is 0 Å². The van der Waals surface area contributed by atoms with E-state index in [1.807, 2.05) is 18.9 Å². The Bertz CT molecular complexity index is 183. The van der Waals surface area contributed by atoms with Crippen LogP contribution in [0.1, 0.15) is 27.2 Å². The van der Waals surface area contributed by atoms with Crippen LogP contribution in [0, 0.1) is 5.92 Å². The largest absolute Gasteiger partial charge is 0.352 e. The Morgan fingerprint density at radius 1 is 1.40 bits per heavy atom. The molecule has 4 heteroatoms. The molecule has 0 aliphatic heterocycles. The molecule has 0 aliphatic carbocycles. The maximum Gasteiger partial charge on any atom is 0.234 e. The van der Waals surface area contributed by atoms with Crippen molar-refractivity contribution in [3.8, 4) is 0 Å². The van der Waals surface area contributed by atoms with Crippen molar-refractivity contribution in [2.75, 3.05) is 26.7 Å². The second kappa shape index (κ2) is 7.65. The third kappa shape index (κ3) is 7.33. The monoisotopic (exact) mass is 215 g/mol. The molecule has 0 fully saturated rings. The SMILES string of the molecule is CC(C)C(C)NC(=O)CN(C)CCCN. The predicted molar refractivity (Wildman–Crippen MR) is 63.6 cm³/mol. The van der Waals surface area contributed by atoms with E-state index in [-0.39, 0.29) is 11.9 Å². The van der Waals surface area contributed by atoms with Gasteiger partial charge in [-0.1, -0.05) is 13.8 Å². The van der Waals surface area contributed by atoms with E-state index in [0.29, 0.717) is 19.0 Å². The van der Waals surface area contributed by atoms with Crippen LogP contribution in [-0.2, 0) is 4.79 Å². The fourth-order valence-corrected chi connectivity index (χ4v) is 1.15. The molecule has 4 nitrogen and oxygen atoms in total. The van der Waals surface area contributed by atoms with Crippen molar-refractivity contribution in [2.45, 2.75) is 33.2 Å². The molecule has 0 rings (SSSR count). The summed E-state index contributed by atoms with van der Waals surface area (Å²) in [5.41, 5.74) is 5.40. The van der Waals surface area contributed by atoms with E-state index in [1.165, 1.54) is 0 Å². The van der Waals surface area contributed by atoms with Gasteiger partial charge in [0.2, 0.25) is 5.91 Å². The number of carbonyl (C=O) groups excluding carboxylic acids is 1. The molecule has 0 spiro atoms. The highest BCUT2D eigenvalue weighted by Crippen LogP contribution is 1.99. The Morgan fingerprint density at radius 2 is 2.00 bits per heavy atom. The molecule has 3 N–H and O–H groups in total. The molecular formula is C11H25N3O. The highest BCUT2D eigenvalue weighted by molar-refractivity contribution is 5.78. The predicted octanol–water partition coefficient (Wildman–Crippen LogP) is 0.428. The zero-order chi connectivity index (χ0) is 11.8. The number of amides is 1. The van der Waals surface area contributed by atoms with Gasteiger partial charge in [0, 0.05) is 6.04 Å². The van der Waals surface area contributed by atoms with Crippen LogP contribution in [0.4, 0.5) is 0 Å². The van der Waals surface area contributed by atoms with Crippen molar-refractivity contribution in [3.63, 3.8) is 0 Å². The van der Waals surface area contributed by atoms with Crippen LogP contribution in [0.25, 0.3) is 0 Å². The average molecular weight is 215 g/mol. The Labute approximate surface area is 93.2 Å². The summed E-state index contributed by atoms with van der Waals surface area (Å²) in [6.07, 6.45) is 0.934. The molecule has 0 radical (unpaired) electrons. The standard InChI is InChI=1S/C11H25N3O/c1-9(2)10(3)13-11(15)8-14(4)7-5-6-12/h9-10H,5-8,12H2,1-4H3,(H,13,15). The topological polar surface area (TPSA) is 58.4 Å². The zero-order valence-electron chi connectivity index (χ0n) is 10.4. The summed E-state index contributed by atoms with van der Waals surface area (Å²) in [6, 6.07) is 0.236. The first kappa shape index (κ1) is 14.4. The number of nitrogens with zero attached hydrogens (tertiary/aromatic N) is 1. The highest BCUT2D eigenvalue weighted by Gasteiger charge is 2.11. The van der Waals surface area contributed by atoms with Gasteiger partial charge >= 0.3 is 0 Å². The third-order valence-electron chi connectivity index (χ3n) is 2.55. The van der Waals surface area contributed by atoms with Crippen LogP contribution >= 0.6 is 0 Å². The van der Waals surface area contributed by atoms with Crippen LogP contribution < -0.4 is 11.1 Å². The number of nitrogens with one attached hydrogen (secondary N) is 1. The minimum atomic E-state index is 0.0933. The van der Waals surface area contributed by atoms with Gasteiger partial charge < -0.3 is 11.1 Å². The number of hydrogen-bond donors (Lipinski definition) is 2. The van der Waals surface area contributed by atoms with Crippen LogP contribution in [0.2, 0.25) is 0 Å². The van der Waals surface area contributed by atoms with Gasteiger partial charge in [0.1, 0.15) is 0 Å². The second-order valence-corrected chi connectivity index (χ2v) is 4.48. The average Bonchev–Trinajstić information content (AvgIpc) is 2.14. The van der Waals surface area contributed by atoms with Crippen molar-refractivity contribution in [2.24, 2.45) is 11.7 Å². The lowest BCUT2D eigenvalue weighted by molar-refractivity contribution is -0.122. The fourth-order valence-electron chi connectivity index (χ4n) is 1.15. The first-order valence-corrected chi connectivity index (χ1v) is 5.65. The number of nitrogens with two attached hydrogens (primary N) is 1. The van der Waals surface area contributed by atoms with Crippen molar-refractivity contribution in [1.82, 2.24) is 10.2 Å². The first-order valence-electron chi connectivity index (χ1n) is 5.65. The van der Waals surface area contributed by atoms with Gasteiger partial charge in [-0.2, -0.15) is 0 Å². The molecule has 90 valence electrons. The van der Waals surface area contributed by atoms with Crippen molar-refractivity contribution in [3.05, 3.63) is 0 Å². The summed E-state index contributed by atoms with van der Waals surface area (Å²) < 4.78 is 0. The van der Waals surface area contributed by atoms with E-state index in [1.54, 1.807) is 0 Å². The zero-order valence-corrected chi connectivity index (χ0v) is 10.4. The van der Waals surface area contributed by atoms with Gasteiger partial charge in [0.25, 0.3) is 0 Å². The minimum Gasteiger partial charge on any atom is -0.352 e. The molecule has 0 saturated heterocycles. The molecule has 15 heavy (non-hydrogen) atoms. The van der Waals surface area contributed by atoms with E-state index >= 15 is 0 Å². The van der Waals surface area contributed by atoms with Crippen molar-refractivity contribution < 1.29 is 4.79 Å². The van der Waals surface area contributed by atoms with E-state index < -0.39 is 0 Å². The van der Waals surface area contributed by atoms with E-state index in [2.05, 4.69) is 19.2 Å². The Balaban J connectivity index is 3.73. The van der Waals surface area contributed by atoms with Gasteiger partial charge in [-0.15, -0.1) is 0 Å². The highest BCUT2D eigenvalue weighted by atomic mass is 16.2. The van der Waals surface area contributed by atoms with E-state index in [4.69, 9.17) is 5.73 Å². The molecule has 1 amide bonds. The van der Waals surface area contributed by atoms with Crippen LogP contribution in [0.15, 0.2) is 0 Å². The first-order chi connectivity index (χ1) is 6.97. The molecular weight excluding hydrogens is 190 g/mol. The molecule has 0 aromatic carbocycles. The smallest absolute Gasteiger partial charge is 0.234 e. The number of rotatable bonds is 7. The summed E-state index contributed by atoms with van der Waals surface area (Å²) in [5.74, 6) is 0.569. The Morgan fingerprint density at radius 3 is 2.47 bits per heavy atom. The normalized spacial score (nSPS) is 13.3. The Hall–Kier alpha value is -0.610.